The van der Waals surface area contributed by atoms with E-state index in [-0.39, 0.29) is 48.0 Å². The number of aromatic hydroxyl groups is 1. The van der Waals surface area contributed by atoms with Crippen molar-refractivity contribution in [1.82, 2.24) is 19.8 Å². The number of benzene rings is 4. The fourth-order valence-electron chi connectivity index (χ4n) is 6.18. The van der Waals surface area contributed by atoms with E-state index in [9.17, 15) is 24.3 Å². The average Bonchev–Trinajstić information content (AvgIpc) is 3.12. The molecule has 0 fully saturated rings. The molecule has 10 nitrogen and oxygen atoms in total. The summed E-state index contributed by atoms with van der Waals surface area (Å²) in [5, 5.41) is 10.9. The van der Waals surface area contributed by atoms with Gasteiger partial charge in [-0.1, -0.05) is 59.7 Å². The molecule has 0 atom stereocenters. The van der Waals surface area contributed by atoms with Crippen molar-refractivity contribution in [2.75, 3.05) is 7.11 Å². The van der Waals surface area contributed by atoms with Crippen LogP contribution in [0, 0.1) is 13.8 Å². The second-order valence-corrected chi connectivity index (χ2v) is 12.0. The van der Waals surface area contributed by atoms with Crippen molar-refractivity contribution in [3.8, 4) is 11.5 Å². The molecule has 6 aromatic rings. The molecule has 0 saturated heterocycles. The van der Waals surface area contributed by atoms with E-state index >= 15 is 0 Å². The summed E-state index contributed by atoms with van der Waals surface area (Å²) < 4.78 is 5.31. The third kappa shape index (κ3) is 5.42. The van der Waals surface area contributed by atoms with Gasteiger partial charge >= 0.3 is 0 Å². The maximum atomic E-state index is 12.9. The summed E-state index contributed by atoms with van der Waals surface area (Å²) in [6.07, 6.45) is 3.04. The highest BCUT2D eigenvalue weighted by molar-refractivity contribution is 6.26. The Hall–Kier alpha value is -6.42. The second-order valence-electron chi connectivity index (χ2n) is 12.0. The van der Waals surface area contributed by atoms with E-state index in [1.165, 1.54) is 22.1 Å². The lowest BCUT2D eigenvalue weighted by molar-refractivity contribution is 0.0583. The number of phenolic OH excluding ortho intramolecular Hbond substituents is 1. The Morgan fingerprint density at radius 3 is 1.43 bits per heavy atom. The highest BCUT2D eigenvalue weighted by Gasteiger charge is 2.35. The van der Waals surface area contributed by atoms with Crippen LogP contribution in [0.15, 0.2) is 97.3 Å². The van der Waals surface area contributed by atoms with Crippen LogP contribution in [0.3, 0.4) is 0 Å². The van der Waals surface area contributed by atoms with Gasteiger partial charge in [0, 0.05) is 23.2 Å². The van der Waals surface area contributed by atoms with Crippen LogP contribution in [0.25, 0.3) is 21.8 Å². The molecular weight excluding hydrogens is 620 g/mol. The van der Waals surface area contributed by atoms with Gasteiger partial charge in [0.25, 0.3) is 23.6 Å². The smallest absolute Gasteiger partial charge is 0.261 e. The maximum Gasteiger partial charge on any atom is 0.261 e. The van der Waals surface area contributed by atoms with Gasteiger partial charge in [-0.2, -0.15) is 0 Å². The molecule has 4 amide bonds. The molecular formula is C39H30N4O6. The molecule has 0 spiro atoms. The van der Waals surface area contributed by atoms with Gasteiger partial charge < -0.3 is 9.84 Å². The summed E-state index contributed by atoms with van der Waals surface area (Å²) in [4.78, 5) is 62.3. The topological polar surface area (TPSA) is 130 Å². The molecule has 2 aromatic heterocycles. The molecule has 1 N–H and O–H groups in total. The number of pyridine rings is 2. The Kier molecular flexibility index (Phi) is 7.84. The number of phenols is 1. The average molecular weight is 651 g/mol. The van der Waals surface area contributed by atoms with E-state index in [1.54, 1.807) is 43.6 Å². The minimum absolute atomic E-state index is 0.0387. The number of rotatable bonds is 5. The van der Waals surface area contributed by atoms with Crippen LogP contribution in [0.1, 0.15) is 63.7 Å². The zero-order chi connectivity index (χ0) is 34.4. The first kappa shape index (κ1) is 31.2. The number of carbonyl (C=O) groups excluding carboxylic acids is 4. The monoisotopic (exact) mass is 650 g/mol. The highest BCUT2D eigenvalue weighted by Crippen LogP contribution is 2.35. The predicted molar refractivity (Wildman–Crippen MR) is 182 cm³/mol. The molecule has 0 aliphatic carbocycles. The van der Waals surface area contributed by atoms with E-state index < -0.39 is 0 Å². The zero-order valence-corrected chi connectivity index (χ0v) is 26.9. The molecule has 242 valence electrons. The van der Waals surface area contributed by atoms with Crippen molar-refractivity contribution in [3.05, 3.63) is 142 Å². The van der Waals surface area contributed by atoms with E-state index in [1.807, 2.05) is 62.4 Å². The number of carbonyl (C=O) groups is 4. The van der Waals surface area contributed by atoms with Gasteiger partial charge in [-0.05, 0) is 61.4 Å². The first-order chi connectivity index (χ1) is 23.7. The van der Waals surface area contributed by atoms with Crippen molar-refractivity contribution >= 4 is 45.4 Å². The van der Waals surface area contributed by atoms with E-state index in [0.717, 1.165) is 22.3 Å². The fraction of sp³-hybridized carbons (Fsp3) is 0.128. The molecule has 4 aromatic carbocycles. The molecule has 8 rings (SSSR count). The van der Waals surface area contributed by atoms with Gasteiger partial charge in [-0.3, -0.25) is 38.9 Å². The summed E-state index contributed by atoms with van der Waals surface area (Å²) in [6, 6.07) is 25.1. The first-order valence-corrected chi connectivity index (χ1v) is 15.6. The van der Waals surface area contributed by atoms with Gasteiger partial charge in [0.1, 0.15) is 22.5 Å². The third-order valence-corrected chi connectivity index (χ3v) is 8.77. The van der Waals surface area contributed by atoms with E-state index in [2.05, 4.69) is 9.97 Å². The van der Waals surface area contributed by atoms with Gasteiger partial charge in [0.15, 0.2) is 0 Å². The number of ether oxygens (including phenoxy) is 1. The summed E-state index contributed by atoms with van der Waals surface area (Å²) >= 11 is 0. The predicted octanol–water partition coefficient (Wildman–Crippen LogP) is 6.39. The lowest BCUT2D eigenvalue weighted by atomic mass is 9.96. The van der Waals surface area contributed by atoms with E-state index in [0.29, 0.717) is 44.3 Å². The van der Waals surface area contributed by atoms with Crippen molar-refractivity contribution in [2.24, 2.45) is 0 Å². The molecule has 2 aliphatic rings. The molecule has 0 saturated carbocycles. The zero-order valence-electron chi connectivity index (χ0n) is 26.9. The minimum atomic E-state index is -0.369. The highest BCUT2D eigenvalue weighted by atomic mass is 16.5. The molecule has 2 aliphatic heterocycles. The number of hydrogen-bond acceptors (Lipinski definition) is 8. The van der Waals surface area contributed by atoms with Crippen LogP contribution >= 0.6 is 0 Å². The van der Waals surface area contributed by atoms with Gasteiger partial charge in [0.2, 0.25) is 0 Å². The largest absolute Gasteiger partial charge is 0.506 e. The van der Waals surface area contributed by atoms with Crippen molar-refractivity contribution in [3.63, 3.8) is 0 Å². The van der Waals surface area contributed by atoms with Crippen LogP contribution in [0.4, 0.5) is 0 Å². The molecule has 0 bridgehead atoms. The Bertz CT molecular complexity index is 2290. The van der Waals surface area contributed by atoms with Gasteiger partial charge in [-0.15, -0.1) is 0 Å². The van der Waals surface area contributed by atoms with E-state index in [4.69, 9.17) is 4.74 Å². The molecule has 10 heteroatoms. The number of imide groups is 2. The Labute approximate surface area is 281 Å². The lowest BCUT2D eigenvalue weighted by Gasteiger charge is -2.27. The second kappa shape index (κ2) is 12.3. The number of amides is 4. The fourth-order valence-corrected chi connectivity index (χ4v) is 6.18. The van der Waals surface area contributed by atoms with Crippen LogP contribution in [0.5, 0.6) is 11.5 Å². The molecule has 4 heterocycles. The third-order valence-electron chi connectivity index (χ3n) is 8.77. The van der Waals surface area contributed by atoms with Gasteiger partial charge in [0.05, 0.1) is 42.5 Å². The van der Waals surface area contributed by atoms with Crippen LogP contribution in [0.2, 0.25) is 0 Å². The molecule has 0 radical (unpaired) electrons. The minimum Gasteiger partial charge on any atom is -0.506 e. The number of nitrogens with zero attached hydrogens (tertiary/aromatic N) is 4. The maximum absolute atomic E-state index is 12.9. The van der Waals surface area contributed by atoms with Crippen LogP contribution in [-0.2, 0) is 13.1 Å². The van der Waals surface area contributed by atoms with Crippen molar-refractivity contribution in [1.29, 1.82) is 0 Å². The number of hydrogen-bond donors (Lipinski definition) is 1. The summed E-state index contributed by atoms with van der Waals surface area (Å²) in [5.41, 5.74) is 6.59. The van der Waals surface area contributed by atoms with Crippen molar-refractivity contribution < 1.29 is 29.0 Å². The Balaban J connectivity index is 0.000000154. The Morgan fingerprint density at radius 1 is 0.551 bits per heavy atom. The number of aromatic nitrogens is 2. The summed E-state index contributed by atoms with van der Waals surface area (Å²) in [6.45, 7) is 4.44. The Morgan fingerprint density at radius 2 is 0.959 bits per heavy atom. The van der Waals surface area contributed by atoms with Crippen LogP contribution in [-0.4, -0.2) is 55.6 Å². The standard InChI is InChI=1S/C20H16N2O3.C19H14N2O3/c1-12-3-5-13(6-4-12)11-22-19(23)14-7-8-16(25-2)18-17(14)15(20(22)24)9-10-21-18;1-11-2-4-12(5-3-11)10-21-18(23)13-6-7-15(22)17-16(13)14(19(21)24)8-9-20-17/h3-10H,11H2,1-2H3;2-9,22H,10H2,1H3. The summed E-state index contributed by atoms with van der Waals surface area (Å²) in [7, 11) is 1.54. The van der Waals surface area contributed by atoms with Crippen molar-refractivity contribution in [2.45, 2.75) is 26.9 Å². The summed E-state index contributed by atoms with van der Waals surface area (Å²) in [5.74, 6) is -0.842. The number of methoxy groups -OCH3 is 1. The SMILES string of the molecule is COc1ccc2c3c(ccnc13)C(=O)N(Cc1ccc(C)cc1)C2=O.Cc1ccc(CN2C(=O)c3ccnc4c(O)ccc(c34)C2=O)cc1. The molecule has 49 heavy (non-hydrogen) atoms. The number of aryl methyl sites for hydroxylation is 2. The first-order valence-electron chi connectivity index (χ1n) is 15.6. The molecule has 0 unspecified atom stereocenters. The quantitative estimate of drug-likeness (QED) is 0.213. The van der Waals surface area contributed by atoms with Gasteiger partial charge in [-0.25, -0.2) is 0 Å². The van der Waals surface area contributed by atoms with Crippen LogP contribution < -0.4 is 4.74 Å². The normalized spacial score (nSPS) is 13.5. The lowest BCUT2D eigenvalue weighted by Crippen LogP contribution is -2.39.